The van der Waals surface area contributed by atoms with E-state index in [1.54, 1.807) is 0 Å². The first-order valence-corrected chi connectivity index (χ1v) is 10.5. The average molecular weight is 385 g/mol. The minimum Gasteiger partial charge on any atom is -0.337 e. The van der Waals surface area contributed by atoms with Crippen molar-refractivity contribution in [2.24, 2.45) is 7.05 Å². The van der Waals surface area contributed by atoms with E-state index in [0.29, 0.717) is 11.6 Å². The molecular weight excluding hydrogens is 352 g/mol. The minimum atomic E-state index is 0.106. The van der Waals surface area contributed by atoms with Gasteiger partial charge in [0.2, 0.25) is 0 Å². The Labute approximate surface area is 167 Å². The first kappa shape index (κ1) is 19.2. The van der Waals surface area contributed by atoms with Gasteiger partial charge in [-0.05, 0) is 52.6 Å². The molecule has 1 aliphatic heterocycles. The van der Waals surface area contributed by atoms with Crippen LogP contribution in [0.4, 0.5) is 0 Å². The van der Waals surface area contributed by atoms with Crippen LogP contribution in [0.15, 0.2) is 12.4 Å². The molecule has 3 heterocycles. The van der Waals surface area contributed by atoms with E-state index >= 15 is 0 Å². The number of likely N-dealkylation sites (tertiary alicyclic amines) is 1. The van der Waals surface area contributed by atoms with Crippen molar-refractivity contribution in [3.8, 4) is 0 Å². The second kappa shape index (κ2) is 8.07. The molecule has 1 unspecified atom stereocenters. The molecule has 0 N–H and O–H groups in total. The van der Waals surface area contributed by atoms with Crippen molar-refractivity contribution in [3.63, 3.8) is 0 Å². The van der Waals surface area contributed by atoms with Gasteiger partial charge in [-0.1, -0.05) is 0 Å². The van der Waals surface area contributed by atoms with Crippen molar-refractivity contribution in [2.75, 3.05) is 33.7 Å². The second-order valence-electron chi connectivity index (χ2n) is 8.48. The van der Waals surface area contributed by atoms with Gasteiger partial charge in [-0.2, -0.15) is 5.10 Å². The van der Waals surface area contributed by atoms with Gasteiger partial charge in [0.05, 0.1) is 0 Å². The van der Waals surface area contributed by atoms with Crippen LogP contribution in [0.1, 0.15) is 59.2 Å². The maximum absolute atomic E-state index is 13.3. The number of rotatable bonds is 5. The largest absolute Gasteiger partial charge is 0.337 e. The number of imidazole rings is 1. The zero-order valence-electron chi connectivity index (χ0n) is 17.4. The predicted octanol–water partition coefficient (Wildman–Crippen LogP) is 2.08. The van der Waals surface area contributed by atoms with Crippen molar-refractivity contribution in [3.05, 3.63) is 35.2 Å². The van der Waals surface area contributed by atoms with Gasteiger partial charge in [-0.15, -0.1) is 0 Å². The molecule has 4 rings (SSSR count). The summed E-state index contributed by atoms with van der Waals surface area (Å²) in [6.07, 6.45) is 10.4. The van der Waals surface area contributed by atoms with Crippen molar-refractivity contribution in [1.29, 1.82) is 0 Å². The lowest BCUT2D eigenvalue weighted by molar-refractivity contribution is 0.0695. The van der Waals surface area contributed by atoms with Gasteiger partial charge in [0.15, 0.2) is 5.69 Å². The number of aryl methyl sites for hydroxylation is 1. The molecule has 7 nitrogen and oxygen atoms in total. The Morgan fingerprint density at radius 2 is 2.07 bits per heavy atom. The van der Waals surface area contributed by atoms with Crippen molar-refractivity contribution in [1.82, 2.24) is 29.1 Å². The fourth-order valence-electron chi connectivity index (χ4n) is 4.64. The van der Waals surface area contributed by atoms with Crippen LogP contribution in [-0.2, 0) is 26.4 Å². The number of aromatic nitrogens is 4. The molecule has 1 amide bonds. The molecule has 0 saturated carbocycles. The van der Waals surface area contributed by atoms with Crippen molar-refractivity contribution >= 4 is 5.91 Å². The van der Waals surface area contributed by atoms with Crippen LogP contribution in [0.25, 0.3) is 0 Å². The van der Waals surface area contributed by atoms with Crippen LogP contribution in [0, 0.1) is 0 Å². The molecule has 152 valence electrons. The zero-order chi connectivity index (χ0) is 19.7. The van der Waals surface area contributed by atoms with Gasteiger partial charge in [0, 0.05) is 62.8 Å². The zero-order valence-corrected chi connectivity index (χ0v) is 17.4. The molecular formula is C21H32N6O. The number of piperidine rings is 1. The first-order valence-electron chi connectivity index (χ1n) is 10.5. The molecule has 2 aromatic heterocycles. The third-order valence-electron chi connectivity index (χ3n) is 6.18. The Morgan fingerprint density at radius 1 is 1.25 bits per heavy atom. The first-order chi connectivity index (χ1) is 13.5. The molecule has 2 aromatic rings. The normalized spacial score (nSPS) is 19.9. The molecule has 1 aliphatic carbocycles. The van der Waals surface area contributed by atoms with E-state index in [4.69, 9.17) is 0 Å². The smallest absolute Gasteiger partial charge is 0.274 e. The highest BCUT2D eigenvalue weighted by Crippen LogP contribution is 2.29. The monoisotopic (exact) mass is 384 g/mol. The Hall–Kier alpha value is -2.15. The lowest BCUT2D eigenvalue weighted by Crippen LogP contribution is -2.40. The van der Waals surface area contributed by atoms with E-state index in [0.717, 1.165) is 64.1 Å². The summed E-state index contributed by atoms with van der Waals surface area (Å²) < 4.78 is 4.18. The Kier molecular flexibility index (Phi) is 5.53. The predicted molar refractivity (Wildman–Crippen MR) is 109 cm³/mol. The number of amides is 1. The summed E-state index contributed by atoms with van der Waals surface area (Å²) in [7, 11) is 6.15. The van der Waals surface area contributed by atoms with Crippen LogP contribution in [0.5, 0.6) is 0 Å². The van der Waals surface area contributed by atoms with Gasteiger partial charge in [-0.25, -0.2) is 4.98 Å². The maximum Gasteiger partial charge on any atom is 0.274 e. The van der Waals surface area contributed by atoms with E-state index in [2.05, 4.69) is 39.8 Å². The molecule has 0 bridgehead atoms. The van der Waals surface area contributed by atoms with Crippen LogP contribution < -0.4 is 0 Å². The SMILES string of the molecule is CN(C)CCn1ccnc1C1CCCN(C(=O)c2nn(C)c3c2CCCC3)C1. The summed E-state index contributed by atoms with van der Waals surface area (Å²) in [5.41, 5.74) is 3.13. The van der Waals surface area contributed by atoms with Crippen LogP contribution >= 0.6 is 0 Å². The van der Waals surface area contributed by atoms with Crippen molar-refractivity contribution < 1.29 is 4.79 Å². The Bertz CT molecular complexity index is 836. The maximum atomic E-state index is 13.3. The molecule has 0 radical (unpaired) electrons. The lowest BCUT2D eigenvalue weighted by Gasteiger charge is -2.32. The van der Waals surface area contributed by atoms with E-state index in [1.165, 1.54) is 17.7 Å². The summed E-state index contributed by atoms with van der Waals surface area (Å²) in [6, 6.07) is 0. The van der Waals surface area contributed by atoms with E-state index in [1.807, 2.05) is 22.8 Å². The molecule has 1 atom stereocenters. The standard InChI is InChI=1S/C21H32N6O/c1-24(2)13-14-26-12-10-22-20(26)16-7-6-11-27(15-16)21(28)19-17-8-4-5-9-18(17)25(3)23-19/h10,12,16H,4-9,11,13-15H2,1-3H3. The Morgan fingerprint density at radius 3 is 2.89 bits per heavy atom. The number of fused-ring (bicyclic) bond motifs is 1. The Balaban J connectivity index is 1.50. The molecule has 1 fully saturated rings. The lowest BCUT2D eigenvalue weighted by atomic mass is 9.94. The molecule has 0 aromatic carbocycles. The van der Waals surface area contributed by atoms with E-state index in [9.17, 15) is 4.79 Å². The quantitative estimate of drug-likeness (QED) is 0.792. The third kappa shape index (κ3) is 3.72. The number of carbonyl (C=O) groups is 1. The number of nitrogens with zero attached hydrogens (tertiary/aromatic N) is 6. The summed E-state index contributed by atoms with van der Waals surface area (Å²) >= 11 is 0. The van der Waals surface area contributed by atoms with Gasteiger partial charge >= 0.3 is 0 Å². The molecule has 1 saturated heterocycles. The highest BCUT2D eigenvalue weighted by molar-refractivity contribution is 5.94. The summed E-state index contributed by atoms with van der Waals surface area (Å²) in [5, 5.41) is 4.62. The van der Waals surface area contributed by atoms with Crippen molar-refractivity contribution in [2.45, 2.75) is 51.0 Å². The van der Waals surface area contributed by atoms with E-state index in [-0.39, 0.29) is 5.91 Å². The van der Waals surface area contributed by atoms with Gasteiger partial charge in [0.1, 0.15) is 5.82 Å². The molecule has 2 aliphatic rings. The number of hydrogen-bond donors (Lipinski definition) is 0. The molecule has 28 heavy (non-hydrogen) atoms. The summed E-state index contributed by atoms with van der Waals surface area (Å²) in [5.74, 6) is 1.52. The second-order valence-corrected chi connectivity index (χ2v) is 8.48. The van der Waals surface area contributed by atoms with Gasteiger partial charge in [-0.3, -0.25) is 9.48 Å². The topological polar surface area (TPSA) is 59.2 Å². The molecule has 7 heteroatoms. The molecule has 0 spiro atoms. The number of carbonyl (C=O) groups excluding carboxylic acids is 1. The van der Waals surface area contributed by atoms with Gasteiger partial charge < -0.3 is 14.4 Å². The average Bonchev–Trinajstić information content (AvgIpc) is 3.31. The number of likely N-dealkylation sites (N-methyl/N-ethyl adjacent to an activating group) is 1. The van der Waals surface area contributed by atoms with Gasteiger partial charge in [0.25, 0.3) is 5.91 Å². The highest BCUT2D eigenvalue weighted by atomic mass is 16.2. The minimum absolute atomic E-state index is 0.106. The number of hydrogen-bond acceptors (Lipinski definition) is 4. The highest BCUT2D eigenvalue weighted by Gasteiger charge is 2.32. The fraction of sp³-hybridized carbons (Fsp3) is 0.667. The van der Waals surface area contributed by atoms with Crippen LogP contribution in [0.2, 0.25) is 0 Å². The van der Waals surface area contributed by atoms with Crippen LogP contribution in [-0.4, -0.2) is 68.8 Å². The van der Waals surface area contributed by atoms with E-state index < -0.39 is 0 Å². The van der Waals surface area contributed by atoms with Crippen LogP contribution in [0.3, 0.4) is 0 Å². The fourth-order valence-corrected chi connectivity index (χ4v) is 4.64. The summed E-state index contributed by atoms with van der Waals surface area (Å²) in [4.78, 5) is 22.2. The third-order valence-corrected chi connectivity index (χ3v) is 6.18. The summed E-state index contributed by atoms with van der Waals surface area (Å²) in [6.45, 7) is 3.47.